The van der Waals surface area contributed by atoms with Crippen molar-refractivity contribution in [1.29, 1.82) is 0 Å². The second-order valence-corrected chi connectivity index (χ2v) is 6.22. The molecule has 1 aliphatic heterocycles. The van der Waals surface area contributed by atoms with Crippen molar-refractivity contribution in [2.75, 3.05) is 13.6 Å². The normalized spacial score (nSPS) is 28.4. The Morgan fingerprint density at radius 3 is 2.39 bits per heavy atom. The molecule has 1 aliphatic carbocycles. The van der Waals surface area contributed by atoms with Crippen LogP contribution in [0.15, 0.2) is 30.3 Å². The summed E-state index contributed by atoms with van der Waals surface area (Å²) in [4.78, 5) is 2.64. The Morgan fingerprint density at radius 1 is 1.00 bits per heavy atom. The zero-order valence-corrected chi connectivity index (χ0v) is 11.6. The summed E-state index contributed by atoms with van der Waals surface area (Å²) in [5.74, 6) is 0. The quantitative estimate of drug-likeness (QED) is 0.759. The molecule has 2 fully saturated rings. The second kappa shape index (κ2) is 5.05. The molecule has 1 unspecified atom stereocenters. The van der Waals surface area contributed by atoms with Gasteiger partial charge in [-0.15, -0.1) is 0 Å². The molecule has 1 aromatic rings. The molecule has 3 rings (SSSR count). The molecular formula is C17H25N. The molecule has 1 nitrogen and oxygen atoms in total. The highest BCUT2D eigenvalue weighted by Crippen LogP contribution is 2.47. The van der Waals surface area contributed by atoms with E-state index in [1.165, 1.54) is 51.5 Å². The highest BCUT2D eigenvalue weighted by atomic mass is 15.1. The van der Waals surface area contributed by atoms with Crippen molar-refractivity contribution in [2.45, 2.75) is 56.4 Å². The second-order valence-electron chi connectivity index (χ2n) is 6.22. The third kappa shape index (κ3) is 1.99. The Hall–Kier alpha value is -0.820. The molecule has 1 heteroatoms. The molecule has 0 amide bonds. The average molecular weight is 243 g/mol. The van der Waals surface area contributed by atoms with Crippen molar-refractivity contribution in [2.24, 2.45) is 0 Å². The van der Waals surface area contributed by atoms with Crippen LogP contribution in [0.25, 0.3) is 0 Å². The topological polar surface area (TPSA) is 3.24 Å². The first-order valence-corrected chi connectivity index (χ1v) is 7.59. The minimum Gasteiger partial charge on any atom is -0.303 e. The van der Waals surface area contributed by atoms with E-state index >= 15 is 0 Å². The van der Waals surface area contributed by atoms with E-state index in [0.29, 0.717) is 5.41 Å². The van der Waals surface area contributed by atoms with Crippen LogP contribution in [0, 0.1) is 0 Å². The number of nitrogens with zero attached hydrogens (tertiary/aromatic N) is 1. The summed E-state index contributed by atoms with van der Waals surface area (Å²) in [5, 5.41) is 0. The Kier molecular flexibility index (Phi) is 3.43. The molecule has 98 valence electrons. The number of benzene rings is 1. The van der Waals surface area contributed by atoms with Crippen LogP contribution < -0.4 is 0 Å². The number of likely N-dealkylation sites (N-methyl/N-ethyl adjacent to an activating group) is 1. The summed E-state index contributed by atoms with van der Waals surface area (Å²) in [6.45, 7) is 1.29. The Bertz CT molecular complexity index is 378. The zero-order valence-electron chi connectivity index (χ0n) is 11.6. The molecule has 0 aromatic heterocycles. The van der Waals surface area contributed by atoms with Gasteiger partial charge in [-0.25, -0.2) is 0 Å². The van der Waals surface area contributed by atoms with Crippen LogP contribution >= 0.6 is 0 Å². The Labute approximate surface area is 111 Å². The maximum atomic E-state index is 2.64. The minimum absolute atomic E-state index is 0.455. The highest BCUT2D eigenvalue weighted by Gasteiger charge is 2.44. The van der Waals surface area contributed by atoms with E-state index < -0.39 is 0 Å². The number of hydrogen-bond donors (Lipinski definition) is 0. The Morgan fingerprint density at radius 2 is 1.72 bits per heavy atom. The van der Waals surface area contributed by atoms with Gasteiger partial charge in [0, 0.05) is 11.5 Å². The monoisotopic (exact) mass is 243 g/mol. The van der Waals surface area contributed by atoms with E-state index in [2.05, 4.69) is 42.3 Å². The van der Waals surface area contributed by atoms with Gasteiger partial charge in [0.2, 0.25) is 0 Å². The fraction of sp³-hybridized carbons (Fsp3) is 0.647. The van der Waals surface area contributed by atoms with Gasteiger partial charge in [0.05, 0.1) is 0 Å². The fourth-order valence-corrected chi connectivity index (χ4v) is 4.36. The van der Waals surface area contributed by atoms with Crippen LogP contribution in [0.5, 0.6) is 0 Å². The van der Waals surface area contributed by atoms with Crippen LogP contribution in [0.2, 0.25) is 0 Å². The average Bonchev–Trinajstić information content (AvgIpc) is 2.91. The molecule has 1 saturated heterocycles. The molecule has 0 spiro atoms. The molecule has 1 heterocycles. The van der Waals surface area contributed by atoms with Gasteiger partial charge in [-0.05, 0) is 44.8 Å². The van der Waals surface area contributed by atoms with Gasteiger partial charge in [0.15, 0.2) is 0 Å². The highest BCUT2D eigenvalue weighted by molar-refractivity contribution is 5.29. The van der Waals surface area contributed by atoms with Crippen LogP contribution in [0.3, 0.4) is 0 Å². The van der Waals surface area contributed by atoms with Crippen LogP contribution in [-0.4, -0.2) is 24.5 Å². The van der Waals surface area contributed by atoms with Gasteiger partial charge in [-0.3, -0.25) is 0 Å². The smallest absolute Gasteiger partial charge is 0.0189 e. The van der Waals surface area contributed by atoms with Crippen molar-refractivity contribution in [3.05, 3.63) is 35.9 Å². The third-order valence-electron chi connectivity index (χ3n) is 5.25. The summed E-state index contributed by atoms with van der Waals surface area (Å²) in [6.07, 6.45) is 9.82. The number of rotatable bonds is 2. The predicted octanol–water partition coefficient (Wildman–Crippen LogP) is 3.98. The first-order valence-electron chi connectivity index (χ1n) is 7.59. The lowest BCUT2D eigenvalue weighted by atomic mass is 9.69. The summed E-state index contributed by atoms with van der Waals surface area (Å²) in [7, 11) is 2.34. The van der Waals surface area contributed by atoms with Crippen molar-refractivity contribution < 1.29 is 0 Å². The van der Waals surface area contributed by atoms with Crippen molar-refractivity contribution in [1.82, 2.24) is 4.90 Å². The SMILES string of the molecule is CN1CCCCC1C1(c2ccccc2)CCCC1. The van der Waals surface area contributed by atoms with Crippen molar-refractivity contribution >= 4 is 0 Å². The maximum Gasteiger partial charge on any atom is 0.0189 e. The van der Waals surface area contributed by atoms with Gasteiger partial charge in [0.1, 0.15) is 0 Å². The summed E-state index contributed by atoms with van der Waals surface area (Å²) >= 11 is 0. The molecule has 0 bridgehead atoms. The Balaban J connectivity index is 1.96. The lowest BCUT2D eigenvalue weighted by molar-refractivity contribution is 0.105. The van der Waals surface area contributed by atoms with E-state index in [1.807, 2.05) is 0 Å². The van der Waals surface area contributed by atoms with Crippen LogP contribution in [0.4, 0.5) is 0 Å². The number of hydrogen-bond acceptors (Lipinski definition) is 1. The minimum atomic E-state index is 0.455. The molecule has 0 radical (unpaired) electrons. The molecule has 1 saturated carbocycles. The molecule has 1 atom stereocenters. The molecule has 2 aliphatic rings. The fourth-order valence-electron chi connectivity index (χ4n) is 4.36. The van der Waals surface area contributed by atoms with Gasteiger partial charge in [0.25, 0.3) is 0 Å². The molecule has 18 heavy (non-hydrogen) atoms. The van der Waals surface area contributed by atoms with Crippen molar-refractivity contribution in [3.63, 3.8) is 0 Å². The van der Waals surface area contributed by atoms with Crippen molar-refractivity contribution in [3.8, 4) is 0 Å². The summed E-state index contributed by atoms with van der Waals surface area (Å²) in [5.41, 5.74) is 2.05. The van der Waals surface area contributed by atoms with Crippen LogP contribution in [0.1, 0.15) is 50.5 Å². The standard InChI is InChI=1S/C17H25N/c1-18-14-8-5-11-16(18)17(12-6-7-13-17)15-9-3-2-4-10-15/h2-4,9-10,16H,5-8,11-14H2,1H3. The molecular weight excluding hydrogens is 218 g/mol. The largest absolute Gasteiger partial charge is 0.303 e. The first kappa shape index (κ1) is 12.2. The van der Waals surface area contributed by atoms with Gasteiger partial charge in [-0.1, -0.05) is 49.6 Å². The van der Waals surface area contributed by atoms with Gasteiger partial charge < -0.3 is 4.90 Å². The lowest BCUT2D eigenvalue weighted by Gasteiger charge is -2.46. The van der Waals surface area contributed by atoms with E-state index in [-0.39, 0.29) is 0 Å². The number of likely N-dealkylation sites (tertiary alicyclic amines) is 1. The lowest BCUT2D eigenvalue weighted by Crippen LogP contribution is -2.50. The van der Waals surface area contributed by atoms with E-state index in [0.717, 1.165) is 6.04 Å². The van der Waals surface area contributed by atoms with E-state index in [9.17, 15) is 0 Å². The first-order chi connectivity index (χ1) is 8.83. The summed E-state index contributed by atoms with van der Waals surface area (Å²) in [6, 6.07) is 12.1. The zero-order chi connectivity index (χ0) is 12.4. The summed E-state index contributed by atoms with van der Waals surface area (Å²) < 4.78 is 0. The van der Waals surface area contributed by atoms with E-state index in [1.54, 1.807) is 5.56 Å². The van der Waals surface area contributed by atoms with Crippen LogP contribution in [-0.2, 0) is 5.41 Å². The number of piperidine rings is 1. The predicted molar refractivity (Wildman–Crippen MR) is 76.9 cm³/mol. The maximum absolute atomic E-state index is 2.64. The van der Waals surface area contributed by atoms with Gasteiger partial charge in [-0.2, -0.15) is 0 Å². The van der Waals surface area contributed by atoms with Gasteiger partial charge >= 0.3 is 0 Å². The molecule has 0 N–H and O–H groups in total. The molecule has 1 aromatic carbocycles. The van der Waals surface area contributed by atoms with E-state index in [4.69, 9.17) is 0 Å². The third-order valence-corrected chi connectivity index (χ3v) is 5.25.